The van der Waals surface area contributed by atoms with Crippen molar-refractivity contribution in [2.24, 2.45) is 5.73 Å². The van der Waals surface area contributed by atoms with E-state index in [1.807, 2.05) is 0 Å². The van der Waals surface area contributed by atoms with Gasteiger partial charge in [-0.05, 0) is 0 Å². The minimum atomic E-state index is -1.69. The van der Waals surface area contributed by atoms with Crippen LogP contribution in [0.25, 0.3) is 0 Å². The van der Waals surface area contributed by atoms with Crippen molar-refractivity contribution in [3.8, 4) is 0 Å². The molecule has 0 aliphatic carbocycles. The summed E-state index contributed by atoms with van der Waals surface area (Å²) in [6.07, 6.45) is 1.05. The molecule has 0 saturated carbocycles. The first-order valence-electron chi connectivity index (χ1n) is 1.99. The van der Waals surface area contributed by atoms with Gasteiger partial charge < -0.3 is 5.73 Å². The highest BCUT2D eigenvalue weighted by Gasteiger charge is 1.43. The van der Waals surface area contributed by atoms with Gasteiger partial charge in [-0.15, -0.1) is 6.58 Å². The van der Waals surface area contributed by atoms with Crippen LogP contribution in [0, 0.1) is 0 Å². The summed E-state index contributed by atoms with van der Waals surface area (Å²) in [5.41, 5.74) is 4.75. The molecule has 0 unspecified atom stereocenters. The summed E-state index contributed by atoms with van der Waals surface area (Å²) >= 11 is 0. The fourth-order valence-electron chi connectivity index (χ4n) is 0. The summed E-state index contributed by atoms with van der Waals surface area (Å²) < 4.78 is 13.0. The Morgan fingerprint density at radius 3 is 2.75 bits per heavy atom. The molecule has 0 atom stereocenters. The predicted molar refractivity (Wildman–Crippen MR) is 19.3 cm³/mol. The highest BCUT2D eigenvalue weighted by atomic mass is 14.5. The molecule has 0 saturated heterocycles. The van der Waals surface area contributed by atoms with Crippen molar-refractivity contribution in [1.29, 1.82) is 0 Å². The van der Waals surface area contributed by atoms with Crippen LogP contribution in [0.2, 0.25) is 0 Å². The molecule has 0 aromatic carbocycles. The molecule has 0 amide bonds. The van der Waals surface area contributed by atoms with Crippen molar-refractivity contribution in [1.82, 2.24) is 0 Å². The second-order valence-electron chi connectivity index (χ2n) is 0.371. The van der Waals surface area contributed by atoms with Gasteiger partial charge in [-0.1, -0.05) is 6.08 Å². The minimum Gasteiger partial charge on any atom is -0.327 e. The smallest absolute Gasteiger partial charge is 0.0470 e. The van der Waals surface area contributed by atoms with E-state index < -0.39 is 6.50 Å². The molecule has 0 aliphatic rings. The van der Waals surface area contributed by atoms with Crippen molar-refractivity contribution in [3.63, 3.8) is 0 Å². The van der Waals surface area contributed by atoms with Crippen molar-refractivity contribution in [3.05, 3.63) is 12.7 Å². The molecule has 1 nitrogen and oxygen atoms in total. The van der Waals surface area contributed by atoms with Crippen LogP contribution in [0.4, 0.5) is 0 Å². The zero-order valence-corrected chi connectivity index (χ0v) is 2.36. The Morgan fingerprint density at radius 1 is 2.50 bits per heavy atom. The van der Waals surface area contributed by atoms with Crippen molar-refractivity contribution in [2.75, 3.05) is 6.50 Å². The van der Waals surface area contributed by atoms with Gasteiger partial charge in [0.1, 0.15) is 0 Å². The molecular weight excluding hydrogens is 50.0 g/mol. The van der Waals surface area contributed by atoms with Gasteiger partial charge in [-0.25, -0.2) is 0 Å². The van der Waals surface area contributed by atoms with Gasteiger partial charge in [0.2, 0.25) is 0 Å². The zero-order valence-electron chi connectivity index (χ0n) is 4.36. The van der Waals surface area contributed by atoms with Crippen LogP contribution in [0.1, 0.15) is 2.74 Å². The summed E-state index contributed by atoms with van der Waals surface area (Å²) in [6, 6.07) is 0. The molecule has 0 bridgehead atoms. The van der Waals surface area contributed by atoms with Gasteiger partial charge >= 0.3 is 0 Å². The van der Waals surface area contributed by atoms with Gasteiger partial charge in [0, 0.05) is 9.24 Å². The second kappa shape index (κ2) is 2.70. The summed E-state index contributed by atoms with van der Waals surface area (Å²) in [5.74, 6) is 0. The first kappa shape index (κ1) is 1.22. The average molecular weight is 59.1 g/mol. The molecule has 0 rings (SSSR count). The van der Waals surface area contributed by atoms with Crippen LogP contribution in [-0.4, -0.2) is 6.50 Å². The fraction of sp³-hybridized carbons (Fsp3) is 0.333. The third-order valence-corrected chi connectivity index (χ3v) is 0.118. The van der Waals surface area contributed by atoms with E-state index in [1.165, 1.54) is 0 Å². The van der Waals surface area contributed by atoms with E-state index in [0.717, 1.165) is 6.08 Å². The van der Waals surface area contributed by atoms with Crippen LogP contribution in [0.5, 0.6) is 0 Å². The Hall–Kier alpha value is -0.300. The molecule has 24 valence electrons. The topological polar surface area (TPSA) is 26.0 Å². The van der Waals surface area contributed by atoms with E-state index in [2.05, 4.69) is 6.58 Å². The van der Waals surface area contributed by atoms with E-state index in [9.17, 15) is 0 Å². The Morgan fingerprint density at radius 2 is 2.75 bits per heavy atom. The van der Waals surface area contributed by atoms with Crippen LogP contribution in [-0.2, 0) is 0 Å². The highest BCUT2D eigenvalue weighted by molar-refractivity contribution is 4.64. The number of nitrogens with two attached hydrogens (primary N) is 1. The number of hydrogen-bond donors (Lipinski definition) is 1. The fourth-order valence-corrected chi connectivity index (χ4v) is 0. The molecule has 4 heavy (non-hydrogen) atoms. The average Bonchev–Trinajstić information content (AvgIpc) is 1.35. The van der Waals surface area contributed by atoms with Gasteiger partial charge in [0.05, 0.1) is 0 Å². The van der Waals surface area contributed by atoms with Crippen molar-refractivity contribution in [2.45, 2.75) is 0 Å². The molecule has 0 spiro atoms. The monoisotopic (exact) mass is 59.1 g/mol. The Labute approximate surface area is 28.9 Å². The van der Waals surface area contributed by atoms with E-state index in [-0.39, 0.29) is 0 Å². The first-order valence-corrected chi connectivity index (χ1v) is 0.986. The van der Waals surface area contributed by atoms with Crippen LogP contribution in [0.3, 0.4) is 0 Å². The maximum absolute atomic E-state index is 6.51. The molecule has 0 fully saturated rings. The molecule has 0 aromatic rings. The van der Waals surface area contributed by atoms with E-state index in [0.29, 0.717) is 0 Å². The highest BCUT2D eigenvalue weighted by Crippen LogP contribution is 1.40. The number of rotatable bonds is 1. The third kappa shape index (κ3) is 1.70. The molecule has 2 N–H and O–H groups in total. The van der Waals surface area contributed by atoms with E-state index in [4.69, 9.17) is 8.48 Å². The van der Waals surface area contributed by atoms with E-state index >= 15 is 0 Å². The van der Waals surface area contributed by atoms with Crippen LogP contribution >= 0.6 is 0 Å². The largest absolute Gasteiger partial charge is 0.327 e. The molecule has 0 radical (unpaired) electrons. The van der Waals surface area contributed by atoms with Gasteiger partial charge in [-0.2, -0.15) is 0 Å². The van der Waals surface area contributed by atoms with E-state index in [1.54, 1.807) is 0 Å². The quantitative estimate of drug-likeness (QED) is 0.427. The molecular formula is C3H7N. The summed E-state index contributed by atoms with van der Waals surface area (Å²) in [4.78, 5) is 0. The lowest BCUT2D eigenvalue weighted by Crippen LogP contribution is -1.90. The SMILES string of the molecule is [2H]C([2H])(N)C=C. The van der Waals surface area contributed by atoms with Crippen LogP contribution in [0.15, 0.2) is 12.7 Å². The lowest BCUT2D eigenvalue weighted by Gasteiger charge is -1.61. The molecule has 0 aromatic heterocycles. The standard InChI is InChI=1S/C3H7N/c1-2-3-4/h2H,1,3-4H2/i3D2. The first-order chi connectivity index (χ1) is 2.56. The summed E-state index contributed by atoms with van der Waals surface area (Å²) in [7, 11) is 0. The zero-order chi connectivity index (χ0) is 5.21. The number of hydrogen-bond acceptors (Lipinski definition) is 1. The van der Waals surface area contributed by atoms with Crippen molar-refractivity contribution >= 4 is 0 Å². The Balaban J connectivity index is 3.45. The molecule has 1 heteroatoms. The third-order valence-electron chi connectivity index (χ3n) is 0.118. The second-order valence-corrected chi connectivity index (χ2v) is 0.371. The lowest BCUT2D eigenvalue weighted by molar-refractivity contribution is 1.26. The van der Waals surface area contributed by atoms with Crippen molar-refractivity contribution < 1.29 is 2.74 Å². The summed E-state index contributed by atoms with van der Waals surface area (Å²) in [5, 5.41) is 0. The van der Waals surface area contributed by atoms with Gasteiger partial charge in [-0.3, -0.25) is 0 Å². The predicted octanol–water partition coefficient (Wildman–Crippen LogP) is 0.131. The summed E-state index contributed by atoms with van der Waals surface area (Å²) in [6.45, 7) is 1.44. The molecule has 0 heterocycles. The maximum atomic E-state index is 6.51. The maximum Gasteiger partial charge on any atom is 0.0470 e. The Bertz CT molecular complexity index is 54.3. The van der Waals surface area contributed by atoms with Gasteiger partial charge in [0.25, 0.3) is 0 Å². The van der Waals surface area contributed by atoms with Crippen LogP contribution < -0.4 is 5.73 Å². The molecule has 0 aliphatic heterocycles. The lowest BCUT2D eigenvalue weighted by atomic mass is 10.7. The minimum absolute atomic E-state index is 1.05. The normalized spacial score (nSPS) is 17.2. The van der Waals surface area contributed by atoms with Gasteiger partial charge in [0.15, 0.2) is 0 Å². The Kier molecular flexibility index (Phi) is 0.824.